The van der Waals surface area contributed by atoms with Gasteiger partial charge in [0.15, 0.2) is 5.76 Å². The summed E-state index contributed by atoms with van der Waals surface area (Å²) in [5, 5.41) is -0.335. The zero-order chi connectivity index (χ0) is 18.4. The van der Waals surface area contributed by atoms with Gasteiger partial charge in [0, 0.05) is 0 Å². The minimum atomic E-state index is -0.529. The predicted octanol–water partition coefficient (Wildman–Crippen LogP) is 2.98. The Balaban J connectivity index is 2.18. The van der Waals surface area contributed by atoms with Crippen LogP contribution in [-0.2, 0) is 14.3 Å². The highest BCUT2D eigenvalue weighted by Crippen LogP contribution is 2.26. The molecule has 2 rings (SSSR count). The Morgan fingerprint density at radius 2 is 1.80 bits per heavy atom. The van der Waals surface area contributed by atoms with Crippen LogP contribution >= 0.6 is 11.8 Å². The van der Waals surface area contributed by atoms with Gasteiger partial charge in [-0.3, -0.25) is 19.3 Å². The second-order valence-corrected chi connectivity index (χ2v) is 6.30. The number of carbonyl (C=O) groups excluding carboxylic acids is 3. The van der Waals surface area contributed by atoms with Crippen molar-refractivity contribution in [3.63, 3.8) is 0 Å². The van der Waals surface area contributed by atoms with Gasteiger partial charge in [-0.05, 0) is 37.1 Å². The molecule has 0 fully saturated rings. The SMILES string of the molecule is COC(=O)CN(C(=O)CSC(=O)c1ccco1)c1c(C)cccc1C. The molecule has 6 nitrogen and oxygen atoms in total. The summed E-state index contributed by atoms with van der Waals surface area (Å²) in [6, 6.07) is 8.75. The molecule has 1 amide bonds. The first-order valence-corrected chi connectivity index (χ1v) is 8.56. The molecule has 1 aromatic heterocycles. The summed E-state index contributed by atoms with van der Waals surface area (Å²) >= 11 is 0.836. The smallest absolute Gasteiger partial charge is 0.325 e. The number of amides is 1. The summed E-state index contributed by atoms with van der Waals surface area (Å²) in [4.78, 5) is 37.8. The van der Waals surface area contributed by atoms with E-state index in [4.69, 9.17) is 9.15 Å². The second-order valence-electron chi connectivity index (χ2n) is 5.35. The van der Waals surface area contributed by atoms with Gasteiger partial charge in [0.1, 0.15) is 6.54 Å². The first-order chi connectivity index (χ1) is 11.9. The average Bonchev–Trinajstić information content (AvgIpc) is 3.12. The average molecular weight is 361 g/mol. The van der Waals surface area contributed by atoms with Crippen molar-refractivity contribution in [1.82, 2.24) is 0 Å². The van der Waals surface area contributed by atoms with Crippen LogP contribution in [0, 0.1) is 13.8 Å². The van der Waals surface area contributed by atoms with Gasteiger partial charge in [-0.2, -0.15) is 0 Å². The Morgan fingerprint density at radius 1 is 1.12 bits per heavy atom. The lowest BCUT2D eigenvalue weighted by atomic mass is 10.1. The van der Waals surface area contributed by atoms with Crippen molar-refractivity contribution in [1.29, 1.82) is 0 Å². The Labute approximate surface area is 150 Å². The largest absolute Gasteiger partial charge is 0.468 e. The number of furan rings is 1. The van der Waals surface area contributed by atoms with Crippen molar-refractivity contribution in [2.45, 2.75) is 13.8 Å². The first kappa shape index (κ1) is 18.8. The molecule has 7 heteroatoms. The molecule has 132 valence electrons. The van der Waals surface area contributed by atoms with E-state index in [0.717, 1.165) is 22.9 Å². The summed E-state index contributed by atoms with van der Waals surface area (Å²) in [5.41, 5.74) is 2.38. The van der Waals surface area contributed by atoms with Crippen molar-refractivity contribution in [3.8, 4) is 0 Å². The Hall–Kier alpha value is -2.54. The van der Waals surface area contributed by atoms with E-state index in [0.29, 0.717) is 5.69 Å². The lowest BCUT2D eigenvalue weighted by molar-refractivity contribution is -0.139. The van der Waals surface area contributed by atoms with E-state index in [-0.39, 0.29) is 29.1 Å². The number of nitrogens with zero attached hydrogens (tertiary/aromatic N) is 1. The molecule has 0 radical (unpaired) electrons. The number of thioether (sulfide) groups is 1. The van der Waals surface area contributed by atoms with Crippen LogP contribution in [0.5, 0.6) is 0 Å². The zero-order valence-electron chi connectivity index (χ0n) is 14.3. The molecule has 0 saturated heterocycles. The number of aryl methyl sites for hydroxylation is 2. The molecule has 1 heterocycles. The number of hydrogen-bond acceptors (Lipinski definition) is 6. The highest BCUT2D eigenvalue weighted by atomic mass is 32.2. The molecule has 0 unspecified atom stereocenters. The van der Waals surface area contributed by atoms with Crippen LogP contribution in [-0.4, -0.2) is 36.4 Å². The molecule has 0 saturated carbocycles. The molecule has 1 aromatic carbocycles. The van der Waals surface area contributed by atoms with Gasteiger partial charge in [-0.25, -0.2) is 0 Å². The number of hydrogen-bond donors (Lipinski definition) is 0. The Kier molecular flexibility index (Phi) is 6.41. The summed E-state index contributed by atoms with van der Waals surface area (Å²) in [6.45, 7) is 3.51. The molecule has 0 spiro atoms. The third-order valence-electron chi connectivity index (χ3n) is 3.57. The van der Waals surface area contributed by atoms with Crippen molar-refractivity contribution in [2.75, 3.05) is 24.3 Å². The van der Waals surface area contributed by atoms with Gasteiger partial charge in [-0.15, -0.1) is 0 Å². The maximum absolute atomic E-state index is 12.7. The fourth-order valence-electron chi connectivity index (χ4n) is 2.39. The maximum Gasteiger partial charge on any atom is 0.325 e. The quantitative estimate of drug-likeness (QED) is 0.736. The van der Waals surface area contributed by atoms with Gasteiger partial charge in [-0.1, -0.05) is 30.0 Å². The topological polar surface area (TPSA) is 76.8 Å². The molecule has 25 heavy (non-hydrogen) atoms. The minimum absolute atomic E-state index is 0.107. The van der Waals surface area contributed by atoms with E-state index < -0.39 is 5.97 Å². The summed E-state index contributed by atoms with van der Waals surface area (Å²) in [7, 11) is 1.27. The van der Waals surface area contributed by atoms with E-state index in [1.165, 1.54) is 24.3 Å². The number of benzene rings is 1. The van der Waals surface area contributed by atoms with Crippen molar-refractivity contribution < 1.29 is 23.5 Å². The Bertz CT molecular complexity index is 750. The first-order valence-electron chi connectivity index (χ1n) is 7.58. The number of carbonyl (C=O) groups is 3. The summed E-state index contributed by atoms with van der Waals surface area (Å²) < 4.78 is 9.72. The highest BCUT2D eigenvalue weighted by Gasteiger charge is 2.24. The monoisotopic (exact) mass is 361 g/mol. The molecule has 0 N–H and O–H groups in total. The van der Waals surface area contributed by atoms with Gasteiger partial charge in [0.2, 0.25) is 5.91 Å². The fourth-order valence-corrected chi connectivity index (χ4v) is 3.06. The molecular weight excluding hydrogens is 342 g/mol. The van der Waals surface area contributed by atoms with Crippen LogP contribution in [0.4, 0.5) is 5.69 Å². The number of esters is 1. The number of methoxy groups -OCH3 is 1. The van der Waals surface area contributed by atoms with Crippen LogP contribution in [0.25, 0.3) is 0 Å². The van der Waals surface area contributed by atoms with Crippen molar-refractivity contribution in [2.24, 2.45) is 0 Å². The molecule has 0 bridgehead atoms. The zero-order valence-corrected chi connectivity index (χ0v) is 15.1. The molecular formula is C18H19NO5S. The van der Waals surface area contributed by atoms with Gasteiger partial charge in [0.05, 0.1) is 24.8 Å². The van der Waals surface area contributed by atoms with Crippen molar-refractivity contribution >= 4 is 34.4 Å². The van der Waals surface area contributed by atoms with Crippen LogP contribution in [0.15, 0.2) is 41.0 Å². The lowest BCUT2D eigenvalue weighted by Crippen LogP contribution is -2.38. The van der Waals surface area contributed by atoms with Gasteiger partial charge < -0.3 is 9.15 Å². The summed E-state index contributed by atoms with van der Waals surface area (Å²) in [5.74, 6) is -0.805. The predicted molar refractivity (Wildman–Crippen MR) is 95.8 cm³/mol. The normalized spacial score (nSPS) is 10.4. The van der Waals surface area contributed by atoms with Crippen LogP contribution in [0.2, 0.25) is 0 Å². The van der Waals surface area contributed by atoms with E-state index in [2.05, 4.69) is 0 Å². The van der Waals surface area contributed by atoms with E-state index in [1.54, 1.807) is 6.07 Å². The number of para-hydroxylation sites is 1. The van der Waals surface area contributed by atoms with Gasteiger partial charge in [0.25, 0.3) is 5.12 Å². The van der Waals surface area contributed by atoms with Crippen molar-refractivity contribution in [3.05, 3.63) is 53.5 Å². The molecule has 0 atom stereocenters. The molecule has 0 aliphatic carbocycles. The van der Waals surface area contributed by atoms with Crippen LogP contribution in [0.3, 0.4) is 0 Å². The standard InChI is InChI=1S/C18H19NO5S/c1-12-6-4-7-13(2)17(12)19(10-16(21)23-3)15(20)11-25-18(22)14-8-5-9-24-14/h4-9H,10-11H2,1-3H3. The van der Waals surface area contributed by atoms with Crippen LogP contribution in [0.1, 0.15) is 21.7 Å². The summed E-state index contributed by atoms with van der Waals surface area (Å²) in [6.07, 6.45) is 1.40. The maximum atomic E-state index is 12.7. The third kappa shape index (κ3) is 4.73. The third-order valence-corrected chi connectivity index (χ3v) is 4.43. The number of anilines is 1. The molecule has 0 aliphatic heterocycles. The lowest BCUT2D eigenvalue weighted by Gasteiger charge is -2.25. The van der Waals surface area contributed by atoms with E-state index >= 15 is 0 Å². The number of rotatable bonds is 6. The highest BCUT2D eigenvalue weighted by molar-refractivity contribution is 8.14. The minimum Gasteiger partial charge on any atom is -0.468 e. The molecule has 2 aromatic rings. The second kappa shape index (κ2) is 8.53. The fraction of sp³-hybridized carbons (Fsp3) is 0.278. The number of ether oxygens (including phenoxy) is 1. The molecule has 0 aliphatic rings. The Morgan fingerprint density at radius 3 is 2.36 bits per heavy atom. The van der Waals surface area contributed by atoms with E-state index in [9.17, 15) is 14.4 Å². The van der Waals surface area contributed by atoms with E-state index in [1.807, 2.05) is 32.0 Å². The van der Waals surface area contributed by atoms with Gasteiger partial charge >= 0.3 is 5.97 Å². The van der Waals surface area contributed by atoms with Crippen LogP contribution < -0.4 is 4.90 Å².